The second-order valence-corrected chi connectivity index (χ2v) is 4.24. The molecule has 0 radical (unpaired) electrons. The Bertz CT molecular complexity index is 227. The maximum atomic E-state index is 9.67. The number of thiophene rings is 1. The van der Waals surface area contributed by atoms with E-state index in [9.17, 15) is 5.11 Å². The highest BCUT2D eigenvalue weighted by Crippen LogP contribution is 2.27. The minimum atomic E-state index is -0.291. The van der Waals surface area contributed by atoms with Crippen molar-refractivity contribution in [3.05, 3.63) is 21.9 Å². The van der Waals surface area contributed by atoms with Crippen LogP contribution in [0.15, 0.2) is 11.4 Å². The van der Waals surface area contributed by atoms with Crippen molar-refractivity contribution in [1.29, 1.82) is 0 Å². The normalized spacial score (nSPS) is 13.9. The molecule has 0 aromatic carbocycles. The summed E-state index contributed by atoms with van der Waals surface area (Å²) >= 11 is 1.69. The Morgan fingerprint density at radius 3 is 2.45 bits per heavy atom. The molecule has 1 N–H and O–H groups in total. The Hall–Kier alpha value is -0.340. The fourth-order valence-electron chi connectivity index (χ4n) is 1.06. The van der Waals surface area contributed by atoms with Gasteiger partial charge in [-0.1, -0.05) is 13.8 Å². The van der Waals surface area contributed by atoms with E-state index in [0.29, 0.717) is 5.92 Å². The quantitative estimate of drug-likeness (QED) is 0.723. The number of hydrogen-bond donors (Lipinski definition) is 1. The van der Waals surface area contributed by atoms with Gasteiger partial charge in [-0.2, -0.15) is 0 Å². The van der Waals surface area contributed by atoms with E-state index in [1.165, 1.54) is 4.88 Å². The summed E-state index contributed by atoms with van der Waals surface area (Å²) in [6.45, 7) is 6.11. The first-order valence-corrected chi connectivity index (χ1v) is 4.73. The van der Waals surface area contributed by atoms with Crippen LogP contribution in [0.25, 0.3) is 0 Å². The summed E-state index contributed by atoms with van der Waals surface area (Å²) in [7, 11) is 0. The molecule has 1 atom stereocenters. The molecule has 1 nitrogen and oxygen atoms in total. The van der Waals surface area contributed by atoms with Crippen molar-refractivity contribution in [1.82, 2.24) is 0 Å². The molecule has 0 aliphatic carbocycles. The largest absolute Gasteiger partial charge is 0.388 e. The fraction of sp³-hybridized carbons (Fsp3) is 0.556. The maximum Gasteiger partial charge on any atom is 0.0823 e. The molecular formula is C9H14OS. The SMILES string of the molecule is Cc1sccc1C(O)C(C)C. The lowest BCUT2D eigenvalue weighted by Gasteiger charge is -2.13. The van der Waals surface area contributed by atoms with E-state index in [2.05, 4.69) is 0 Å². The number of aliphatic hydroxyl groups excluding tert-OH is 1. The summed E-state index contributed by atoms with van der Waals surface area (Å²) in [5.41, 5.74) is 1.09. The molecule has 62 valence electrons. The van der Waals surface area contributed by atoms with Crippen molar-refractivity contribution < 1.29 is 5.11 Å². The predicted octanol–water partition coefficient (Wildman–Crippen LogP) is 2.75. The lowest BCUT2D eigenvalue weighted by atomic mass is 10.0. The second kappa shape index (κ2) is 3.37. The Balaban J connectivity index is 2.84. The van der Waals surface area contributed by atoms with Crippen LogP contribution in [0.1, 0.15) is 30.4 Å². The molecule has 0 aliphatic heterocycles. The van der Waals surface area contributed by atoms with E-state index in [4.69, 9.17) is 0 Å². The molecule has 0 spiro atoms. The lowest BCUT2D eigenvalue weighted by Crippen LogP contribution is -2.04. The van der Waals surface area contributed by atoms with Gasteiger partial charge >= 0.3 is 0 Å². The van der Waals surface area contributed by atoms with Gasteiger partial charge in [0.1, 0.15) is 0 Å². The van der Waals surface area contributed by atoms with Crippen LogP contribution in [0.3, 0.4) is 0 Å². The first kappa shape index (κ1) is 8.75. The zero-order valence-electron chi connectivity index (χ0n) is 7.16. The zero-order chi connectivity index (χ0) is 8.43. The molecule has 0 bridgehead atoms. The standard InChI is InChI=1S/C9H14OS/c1-6(2)9(10)8-4-5-11-7(8)3/h4-6,9-10H,1-3H3. The highest BCUT2D eigenvalue weighted by molar-refractivity contribution is 7.10. The van der Waals surface area contributed by atoms with Gasteiger partial charge in [-0.05, 0) is 29.9 Å². The first-order chi connectivity index (χ1) is 5.13. The third-order valence-corrected chi connectivity index (χ3v) is 2.71. The van der Waals surface area contributed by atoms with Gasteiger partial charge < -0.3 is 5.11 Å². The highest BCUT2D eigenvalue weighted by atomic mass is 32.1. The highest BCUT2D eigenvalue weighted by Gasteiger charge is 2.14. The van der Waals surface area contributed by atoms with Crippen LogP contribution < -0.4 is 0 Å². The number of rotatable bonds is 2. The topological polar surface area (TPSA) is 20.2 Å². The van der Waals surface area contributed by atoms with Crippen molar-refractivity contribution in [2.45, 2.75) is 26.9 Å². The van der Waals surface area contributed by atoms with E-state index < -0.39 is 0 Å². The Labute approximate surface area is 71.7 Å². The van der Waals surface area contributed by atoms with Gasteiger partial charge in [0.2, 0.25) is 0 Å². The fourth-order valence-corrected chi connectivity index (χ4v) is 1.80. The van der Waals surface area contributed by atoms with Crippen molar-refractivity contribution >= 4 is 11.3 Å². The molecule has 1 rings (SSSR count). The van der Waals surface area contributed by atoms with Crippen LogP contribution in [-0.4, -0.2) is 5.11 Å². The molecule has 1 aromatic rings. The Morgan fingerprint density at radius 2 is 2.09 bits per heavy atom. The predicted molar refractivity (Wildman–Crippen MR) is 48.9 cm³/mol. The molecule has 0 saturated heterocycles. The number of aryl methyl sites for hydroxylation is 1. The molecule has 1 aromatic heterocycles. The maximum absolute atomic E-state index is 9.67. The Kier molecular flexibility index (Phi) is 2.68. The van der Waals surface area contributed by atoms with Gasteiger partial charge in [0, 0.05) is 4.88 Å². The van der Waals surface area contributed by atoms with Crippen molar-refractivity contribution in [3.8, 4) is 0 Å². The van der Waals surface area contributed by atoms with Crippen molar-refractivity contribution in [2.75, 3.05) is 0 Å². The molecule has 0 saturated carbocycles. The molecule has 1 unspecified atom stereocenters. The first-order valence-electron chi connectivity index (χ1n) is 3.85. The van der Waals surface area contributed by atoms with E-state index in [0.717, 1.165) is 5.56 Å². The zero-order valence-corrected chi connectivity index (χ0v) is 7.98. The minimum Gasteiger partial charge on any atom is -0.388 e. The summed E-state index contributed by atoms with van der Waals surface area (Å²) in [5.74, 6) is 0.309. The van der Waals surface area contributed by atoms with Crippen molar-refractivity contribution in [2.24, 2.45) is 5.92 Å². The van der Waals surface area contributed by atoms with E-state index in [1.807, 2.05) is 32.2 Å². The third kappa shape index (κ3) is 1.82. The van der Waals surface area contributed by atoms with Gasteiger partial charge in [0.05, 0.1) is 6.10 Å². The molecule has 0 amide bonds. The Morgan fingerprint density at radius 1 is 1.45 bits per heavy atom. The van der Waals surface area contributed by atoms with Crippen LogP contribution >= 0.6 is 11.3 Å². The summed E-state index contributed by atoms with van der Waals surface area (Å²) in [5, 5.41) is 11.7. The van der Waals surface area contributed by atoms with E-state index >= 15 is 0 Å². The molecule has 0 aliphatic rings. The van der Waals surface area contributed by atoms with E-state index in [1.54, 1.807) is 11.3 Å². The van der Waals surface area contributed by atoms with Gasteiger partial charge in [-0.25, -0.2) is 0 Å². The average Bonchev–Trinajstić information content (AvgIpc) is 2.33. The minimum absolute atomic E-state index is 0.291. The average molecular weight is 170 g/mol. The second-order valence-electron chi connectivity index (χ2n) is 3.12. The molecule has 0 fully saturated rings. The van der Waals surface area contributed by atoms with Crippen LogP contribution in [0.2, 0.25) is 0 Å². The molecular weight excluding hydrogens is 156 g/mol. The van der Waals surface area contributed by atoms with Crippen LogP contribution in [-0.2, 0) is 0 Å². The van der Waals surface area contributed by atoms with Gasteiger partial charge in [0.15, 0.2) is 0 Å². The number of aliphatic hydroxyl groups is 1. The molecule has 1 heterocycles. The van der Waals surface area contributed by atoms with Gasteiger partial charge in [-0.3, -0.25) is 0 Å². The summed E-state index contributed by atoms with van der Waals surface area (Å²) < 4.78 is 0. The third-order valence-electron chi connectivity index (χ3n) is 1.85. The van der Waals surface area contributed by atoms with Crippen LogP contribution in [0.5, 0.6) is 0 Å². The summed E-state index contributed by atoms with van der Waals surface area (Å²) in [6.07, 6.45) is -0.291. The summed E-state index contributed by atoms with van der Waals surface area (Å²) in [4.78, 5) is 1.23. The lowest BCUT2D eigenvalue weighted by molar-refractivity contribution is 0.127. The van der Waals surface area contributed by atoms with Crippen molar-refractivity contribution in [3.63, 3.8) is 0 Å². The summed E-state index contributed by atoms with van der Waals surface area (Å²) in [6, 6.07) is 2.00. The monoisotopic (exact) mass is 170 g/mol. The van der Waals surface area contributed by atoms with Gasteiger partial charge in [-0.15, -0.1) is 11.3 Å². The van der Waals surface area contributed by atoms with Gasteiger partial charge in [0.25, 0.3) is 0 Å². The van der Waals surface area contributed by atoms with Crippen LogP contribution in [0.4, 0.5) is 0 Å². The molecule has 2 heteroatoms. The van der Waals surface area contributed by atoms with Crippen LogP contribution in [0, 0.1) is 12.8 Å². The molecule has 11 heavy (non-hydrogen) atoms. The van der Waals surface area contributed by atoms with E-state index in [-0.39, 0.29) is 6.10 Å². The smallest absolute Gasteiger partial charge is 0.0823 e. The number of hydrogen-bond acceptors (Lipinski definition) is 2.